The van der Waals surface area contributed by atoms with E-state index in [0.717, 1.165) is 17.7 Å². The van der Waals surface area contributed by atoms with Gasteiger partial charge < -0.3 is 24.8 Å². The molecule has 8 heteroatoms. The summed E-state index contributed by atoms with van der Waals surface area (Å²) in [6.45, 7) is -1.26. The third-order valence-electron chi connectivity index (χ3n) is 3.75. The van der Waals surface area contributed by atoms with Gasteiger partial charge in [0.05, 0.1) is 13.7 Å². The van der Waals surface area contributed by atoms with Gasteiger partial charge in [0.2, 0.25) is 0 Å². The van der Waals surface area contributed by atoms with Gasteiger partial charge in [-0.2, -0.15) is 8.78 Å². The predicted octanol–water partition coefficient (Wildman–Crippen LogP) is 3.43. The summed E-state index contributed by atoms with van der Waals surface area (Å²) in [5.41, 5.74) is 0.756. The topological polar surface area (TPSA) is 64.1 Å². The number of hydrogen-bond donors (Lipinski definition) is 2. The number of halogens is 2. The van der Waals surface area contributed by atoms with Gasteiger partial charge in [-0.25, -0.2) is 0 Å². The summed E-state index contributed by atoms with van der Waals surface area (Å²) in [4.78, 5) is 4.14. The molecule has 0 unspecified atom stereocenters. The van der Waals surface area contributed by atoms with Crippen LogP contribution in [0.3, 0.4) is 0 Å². The molecule has 0 atom stereocenters. The summed E-state index contributed by atoms with van der Waals surface area (Å²) in [6.07, 6.45) is 0.796. The standard InChI is InChI=1S/C20H25F2N3O3/c1-23-20(24-11-6-12-27-16-7-4-3-5-8-16)25-14-15-9-10-17(26-2)18(13-15)28-19(21)22/h3-5,7-10,13,19H,6,11-12,14H2,1-2H3,(H2,23,24,25). The Kier molecular flexibility index (Phi) is 8.84. The predicted molar refractivity (Wildman–Crippen MR) is 104 cm³/mol. The van der Waals surface area contributed by atoms with E-state index in [4.69, 9.17) is 9.47 Å². The number of benzene rings is 2. The summed E-state index contributed by atoms with van der Waals surface area (Å²) in [5.74, 6) is 1.70. The summed E-state index contributed by atoms with van der Waals surface area (Å²) in [5, 5.41) is 6.30. The van der Waals surface area contributed by atoms with Crippen molar-refractivity contribution in [3.8, 4) is 17.2 Å². The summed E-state index contributed by atoms with van der Waals surface area (Å²) < 4.78 is 40.2. The highest BCUT2D eigenvalue weighted by atomic mass is 19.3. The quantitative estimate of drug-likeness (QED) is 0.368. The van der Waals surface area contributed by atoms with E-state index in [-0.39, 0.29) is 11.5 Å². The SMILES string of the molecule is CN=C(NCCCOc1ccccc1)NCc1ccc(OC)c(OC(F)F)c1. The number of nitrogens with one attached hydrogen (secondary N) is 2. The fourth-order valence-corrected chi connectivity index (χ4v) is 2.41. The van der Waals surface area contributed by atoms with E-state index in [1.807, 2.05) is 30.3 Å². The highest BCUT2D eigenvalue weighted by Gasteiger charge is 2.11. The number of hydrogen-bond acceptors (Lipinski definition) is 4. The molecule has 0 saturated carbocycles. The number of methoxy groups -OCH3 is 1. The lowest BCUT2D eigenvalue weighted by molar-refractivity contribution is -0.0512. The van der Waals surface area contributed by atoms with Gasteiger partial charge in [-0.05, 0) is 36.2 Å². The van der Waals surface area contributed by atoms with Gasteiger partial charge in [0.15, 0.2) is 17.5 Å². The van der Waals surface area contributed by atoms with E-state index in [9.17, 15) is 8.78 Å². The molecule has 0 amide bonds. The monoisotopic (exact) mass is 393 g/mol. The van der Waals surface area contributed by atoms with Crippen molar-refractivity contribution in [1.29, 1.82) is 0 Å². The average Bonchev–Trinajstić information content (AvgIpc) is 2.70. The van der Waals surface area contributed by atoms with Crippen LogP contribution in [-0.4, -0.2) is 39.9 Å². The normalized spacial score (nSPS) is 11.2. The van der Waals surface area contributed by atoms with Crippen molar-refractivity contribution in [2.24, 2.45) is 4.99 Å². The van der Waals surface area contributed by atoms with Crippen molar-refractivity contribution < 1.29 is 23.0 Å². The van der Waals surface area contributed by atoms with Crippen molar-refractivity contribution in [1.82, 2.24) is 10.6 Å². The van der Waals surface area contributed by atoms with E-state index in [1.165, 1.54) is 13.2 Å². The van der Waals surface area contributed by atoms with E-state index < -0.39 is 6.61 Å². The molecule has 0 radical (unpaired) electrons. The van der Waals surface area contributed by atoms with Crippen molar-refractivity contribution in [3.05, 3.63) is 54.1 Å². The summed E-state index contributed by atoms with van der Waals surface area (Å²) in [7, 11) is 3.06. The molecule has 152 valence electrons. The third kappa shape index (κ3) is 7.30. The minimum atomic E-state index is -2.91. The molecule has 0 bridgehead atoms. The zero-order chi connectivity index (χ0) is 20.2. The number of alkyl halides is 2. The first kappa shape index (κ1) is 21.3. The van der Waals surface area contributed by atoms with Crippen molar-refractivity contribution in [2.75, 3.05) is 27.3 Å². The van der Waals surface area contributed by atoms with Gasteiger partial charge in [0.1, 0.15) is 5.75 Å². The maximum absolute atomic E-state index is 12.5. The van der Waals surface area contributed by atoms with Crippen LogP contribution in [0.5, 0.6) is 17.2 Å². The molecule has 0 heterocycles. The van der Waals surface area contributed by atoms with Crippen LogP contribution in [0.1, 0.15) is 12.0 Å². The van der Waals surface area contributed by atoms with Crippen LogP contribution in [0.2, 0.25) is 0 Å². The Balaban J connectivity index is 1.75. The maximum atomic E-state index is 12.5. The highest BCUT2D eigenvalue weighted by Crippen LogP contribution is 2.29. The molecule has 28 heavy (non-hydrogen) atoms. The number of rotatable bonds is 10. The van der Waals surface area contributed by atoms with Gasteiger partial charge in [-0.1, -0.05) is 24.3 Å². The minimum absolute atomic E-state index is 0.00203. The zero-order valence-corrected chi connectivity index (χ0v) is 16.0. The Morgan fingerprint density at radius 3 is 2.54 bits per heavy atom. The molecule has 0 fully saturated rings. The lowest BCUT2D eigenvalue weighted by Gasteiger charge is -2.14. The second kappa shape index (κ2) is 11.6. The van der Waals surface area contributed by atoms with E-state index >= 15 is 0 Å². The second-order valence-corrected chi connectivity index (χ2v) is 5.73. The zero-order valence-electron chi connectivity index (χ0n) is 16.0. The van der Waals surface area contributed by atoms with Crippen molar-refractivity contribution in [3.63, 3.8) is 0 Å². The molecule has 0 saturated heterocycles. The summed E-state index contributed by atoms with van der Waals surface area (Å²) >= 11 is 0. The fourth-order valence-electron chi connectivity index (χ4n) is 2.41. The number of aliphatic imine (C=N–C) groups is 1. The van der Waals surface area contributed by atoms with Crippen LogP contribution >= 0.6 is 0 Å². The molecule has 2 N–H and O–H groups in total. The van der Waals surface area contributed by atoms with E-state index in [0.29, 0.717) is 25.7 Å². The Morgan fingerprint density at radius 1 is 1.07 bits per heavy atom. The summed E-state index contributed by atoms with van der Waals surface area (Å²) in [6, 6.07) is 14.5. The molecular weight excluding hydrogens is 368 g/mol. The first-order valence-corrected chi connectivity index (χ1v) is 8.86. The lowest BCUT2D eigenvalue weighted by Crippen LogP contribution is -2.37. The number of para-hydroxylation sites is 1. The second-order valence-electron chi connectivity index (χ2n) is 5.73. The molecule has 2 aromatic carbocycles. The first-order chi connectivity index (χ1) is 13.6. The molecule has 0 aromatic heterocycles. The maximum Gasteiger partial charge on any atom is 0.387 e. The number of ether oxygens (including phenoxy) is 3. The van der Waals surface area contributed by atoms with Crippen LogP contribution in [0.25, 0.3) is 0 Å². The molecular formula is C20H25F2N3O3. The Labute approximate surface area is 163 Å². The van der Waals surface area contributed by atoms with E-state index in [1.54, 1.807) is 19.2 Å². The average molecular weight is 393 g/mol. The number of guanidine groups is 1. The molecule has 0 spiro atoms. The van der Waals surface area contributed by atoms with Gasteiger partial charge in [-0.3, -0.25) is 4.99 Å². The molecule has 0 aliphatic heterocycles. The Hall–Kier alpha value is -3.03. The van der Waals surface area contributed by atoms with Gasteiger partial charge in [-0.15, -0.1) is 0 Å². The third-order valence-corrected chi connectivity index (χ3v) is 3.75. The Morgan fingerprint density at radius 2 is 1.86 bits per heavy atom. The lowest BCUT2D eigenvalue weighted by atomic mass is 10.2. The highest BCUT2D eigenvalue weighted by molar-refractivity contribution is 5.79. The minimum Gasteiger partial charge on any atom is -0.494 e. The van der Waals surface area contributed by atoms with Crippen LogP contribution in [0, 0.1) is 0 Å². The van der Waals surface area contributed by atoms with Crippen molar-refractivity contribution >= 4 is 5.96 Å². The van der Waals surface area contributed by atoms with Gasteiger partial charge in [0.25, 0.3) is 0 Å². The smallest absolute Gasteiger partial charge is 0.387 e. The van der Waals surface area contributed by atoms with Gasteiger partial charge >= 0.3 is 6.61 Å². The van der Waals surface area contributed by atoms with Crippen LogP contribution < -0.4 is 24.8 Å². The molecule has 6 nitrogen and oxygen atoms in total. The fraction of sp³-hybridized carbons (Fsp3) is 0.350. The molecule has 0 aliphatic rings. The number of nitrogens with zero attached hydrogens (tertiary/aromatic N) is 1. The molecule has 2 rings (SSSR count). The van der Waals surface area contributed by atoms with Crippen LogP contribution in [0.15, 0.2) is 53.5 Å². The molecule has 2 aromatic rings. The van der Waals surface area contributed by atoms with Gasteiger partial charge in [0, 0.05) is 20.1 Å². The molecule has 0 aliphatic carbocycles. The van der Waals surface area contributed by atoms with Crippen LogP contribution in [0.4, 0.5) is 8.78 Å². The Bertz CT molecular complexity index is 743. The largest absolute Gasteiger partial charge is 0.494 e. The van der Waals surface area contributed by atoms with Crippen LogP contribution in [-0.2, 0) is 6.54 Å². The van der Waals surface area contributed by atoms with E-state index in [2.05, 4.69) is 20.4 Å². The first-order valence-electron chi connectivity index (χ1n) is 8.86. The van der Waals surface area contributed by atoms with Crippen molar-refractivity contribution in [2.45, 2.75) is 19.6 Å².